The molecule has 0 aliphatic carbocycles. The van der Waals surface area contributed by atoms with E-state index in [1.165, 1.54) is 4.68 Å². The van der Waals surface area contributed by atoms with Crippen LogP contribution in [0.2, 0.25) is 0 Å². The predicted molar refractivity (Wildman–Crippen MR) is 62.0 cm³/mol. The van der Waals surface area contributed by atoms with Gasteiger partial charge in [-0.1, -0.05) is 12.1 Å². The number of aryl methyl sites for hydroxylation is 1. The van der Waals surface area contributed by atoms with Gasteiger partial charge in [-0.25, -0.2) is 0 Å². The van der Waals surface area contributed by atoms with E-state index in [4.69, 9.17) is 5.73 Å². The maximum atomic E-state index is 11.8. The summed E-state index contributed by atoms with van der Waals surface area (Å²) in [5.41, 5.74) is 7.36. The molecule has 1 aromatic heterocycles. The van der Waals surface area contributed by atoms with E-state index in [-0.39, 0.29) is 5.91 Å². The van der Waals surface area contributed by atoms with Gasteiger partial charge < -0.3 is 11.1 Å². The second kappa shape index (κ2) is 4.06. The molecular formula is C11H12N4O. The number of amides is 1. The third kappa shape index (κ3) is 1.88. The molecule has 2 aromatic rings. The normalized spacial score (nSPS) is 10.1. The number of nitrogen functional groups attached to an aromatic ring is 1. The third-order valence-electron chi connectivity index (χ3n) is 2.26. The van der Waals surface area contributed by atoms with Crippen molar-refractivity contribution in [1.29, 1.82) is 0 Å². The molecule has 0 saturated heterocycles. The monoisotopic (exact) mass is 216 g/mol. The molecule has 0 unspecified atom stereocenters. The summed E-state index contributed by atoms with van der Waals surface area (Å²) in [6.07, 6.45) is 1.57. The summed E-state index contributed by atoms with van der Waals surface area (Å²) in [7, 11) is 1.71. The van der Waals surface area contributed by atoms with E-state index in [0.29, 0.717) is 17.1 Å². The predicted octanol–water partition coefficient (Wildman–Crippen LogP) is 1.25. The van der Waals surface area contributed by atoms with Gasteiger partial charge in [0.25, 0.3) is 5.91 Å². The lowest BCUT2D eigenvalue weighted by atomic mass is 10.2. The number of benzene rings is 1. The Kier molecular flexibility index (Phi) is 2.59. The van der Waals surface area contributed by atoms with Gasteiger partial charge in [0.05, 0.1) is 11.4 Å². The van der Waals surface area contributed by atoms with E-state index < -0.39 is 0 Å². The molecule has 5 heteroatoms. The number of carbonyl (C=O) groups excluding carboxylic acids is 1. The molecule has 1 amide bonds. The fourth-order valence-corrected chi connectivity index (χ4v) is 1.39. The molecule has 16 heavy (non-hydrogen) atoms. The maximum absolute atomic E-state index is 11.8. The van der Waals surface area contributed by atoms with E-state index in [1.807, 2.05) is 12.1 Å². The minimum atomic E-state index is -0.224. The Labute approximate surface area is 92.9 Å². The number of hydrogen-bond acceptors (Lipinski definition) is 3. The van der Waals surface area contributed by atoms with Crippen molar-refractivity contribution in [3.05, 3.63) is 42.2 Å². The van der Waals surface area contributed by atoms with Crippen molar-refractivity contribution >= 4 is 17.3 Å². The molecule has 0 radical (unpaired) electrons. The molecular weight excluding hydrogens is 204 g/mol. The number of carbonyl (C=O) groups is 1. The molecule has 0 saturated carbocycles. The molecule has 1 heterocycles. The average Bonchev–Trinajstić information content (AvgIpc) is 2.68. The lowest BCUT2D eigenvalue weighted by Crippen LogP contribution is -2.16. The lowest BCUT2D eigenvalue weighted by molar-refractivity contribution is 0.101. The first-order valence-corrected chi connectivity index (χ1v) is 4.82. The van der Waals surface area contributed by atoms with Crippen LogP contribution in [-0.2, 0) is 7.05 Å². The molecule has 1 aromatic carbocycles. The highest BCUT2D eigenvalue weighted by atomic mass is 16.2. The fraction of sp³-hybridized carbons (Fsp3) is 0.0909. The highest BCUT2D eigenvalue weighted by molar-refractivity contribution is 6.04. The summed E-state index contributed by atoms with van der Waals surface area (Å²) in [6, 6.07) is 8.77. The van der Waals surface area contributed by atoms with Crippen LogP contribution in [0, 0.1) is 0 Å². The first-order valence-electron chi connectivity index (χ1n) is 4.82. The number of nitrogens with one attached hydrogen (secondary N) is 1. The van der Waals surface area contributed by atoms with E-state index in [0.717, 1.165) is 0 Å². The highest BCUT2D eigenvalue weighted by Gasteiger charge is 2.10. The largest absolute Gasteiger partial charge is 0.397 e. The zero-order valence-electron chi connectivity index (χ0n) is 8.84. The van der Waals surface area contributed by atoms with E-state index in [2.05, 4.69) is 10.4 Å². The summed E-state index contributed by atoms with van der Waals surface area (Å²) >= 11 is 0. The van der Waals surface area contributed by atoms with Crippen molar-refractivity contribution in [2.75, 3.05) is 11.1 Å². The van der Waals surface area contributed by atoms with Gasteiger partial charge in [-0.3, -0.25) is 9.48 Å². The number of hydrogen-bond donors (Lipinski definition) is 2. The van der Waals surface area contributed by atoms with Crippen molar-refractivity contribution in [3.63, 3.8) is 0 Å². The summed E-state index contributed by atoms with van der Waals surface area (Å²) < 4.78 is 1.51. The van der Waals surface area contributed by atoms with Crippen LogP contribution < -0.4 is 11.1 Å². The minimum Gasteiger partial charge on any atom is -0.397 e. The van der Waals surface area contributed by atoms with Gasteiger partial charge in [-0.2, -0.15) is 5.10 Å². The van der Waals surface area contributed by atoms with E-state index >= 15 is 0 Å². The number of rotatable bonds is 2. The van der Waals surface area contributed by atoms with Crippen molar-refractivity contribution in [2.24, 2.45) is 7.05 Å². The van der Waals surface area contributed by atoms with Crippen molar-refractivity contribution in [3.8, 4) is 0 Å². The molecule has 82 valence electrons. The first kappa shape index (κ1) is 10.2. The number of nitrogens with two attached hydrogens (primary N) is 1. The second-order valence-electron chi connectivity index (χ2n) is 3.38. The molecule has 2 rings (SSSR count). The molecule has 0 fully saturated rings. The van der Waals surface area contributed by atoms with Crippen LogP contribution in [0.4, 0.5) is 11.4 Å². The number of anilines is 2. The molecule has 0 spiro atoms. The molecule has 5 nitrogen and oxygen atoms in total. The number of nitrogens with zero attached hydrogens (tertiary/aromatic N) is 2. The van der Waals surface area contributed by atoms with Crippen LogP contribution >= 0.6 is 0 Å². The Morgan fingerprint density at radius 1 is 1.38 bits per heavy atom. The standard InChI is InChI=1S/C11H12N4O/c1-15-10(6-7-13-15)11(16)14-9-5-3-2-4-8(9)12/h2-7H,12H2,1H3,(H,14,16). The summed E-state index contributed by atoms with van der Waals surface area (Å²) in [6.45, 7) is 0. The van der Waals surface area contributed by atoms with Crippen LogP contribution in [0.15, 0.2) is 36.5 Å². The Morgan fingerprint density at radius 2 is 2.12 bits per heavy atom. The molecule has 0 bridgehead atoms. The zero-order chi connectivity index (χ0) is 11.5. The SMILES string of the molecule is Cn1nccc1C(=O)Nc1ccccc1N. The van der Waals surface area contributed by atoms with Gasteiger partial charge in [0, 0.05) is 13.2 Å². The van der Waals surface area contributed by atoms with Crippen LogP contribution in [0.1, 0.15) is 10.5 Å². The number of aromatic nitrogens is 2. The van der Waals surface area contributed by atoms with Crippen molar-refractivity contribution in [2.45, 2.75) is 0 Å². The van der Waals surface area contributed by atoms with Gasteiger partial charge >= 0.3 is 0 Å². The van der Waals surface area contributed by atoms with Crippen LogP contribution in [0.3, 0.4) is 0 Å². The fourth-order valence-electron chi connectivity index (χ4n) is 1.39. The Morgan fingerprint density at radius 3 is 2.75 bits per heavy atom. The maximum Gasteiger partial charge on any atom is 0.273 e. The van der Waals surface area contributed by atoms with Gasteiger partial charge in [-0.05, 0) is 18.2 Å². The Bertz CT molecular complexity index is 518. The lowest BCUT2D eigenvalue weighted by Gasteiger charge is -2.07. The molecule has 3 N–H and O–H groups in total. The highest BCUT2D eigenvalue weighted by Crippen LogP contribution is 2.17. The van der Waals surface area contributed by atoms with Gasteiger partial charge in [0.15, 0.2) is 0 Å². The van der Waals surface area contributed by atoms with Crippen molar-refractivity contribution in [1.82, 2.24) is 9.78 Å². The summed E-state index contributed by atoms with van der Waals surface area (Å²) in [5.74, 6) is -0.224. The third-order valence-corrected chi connectivity index (χ3v) is 2.26. The van der Waals surface area contributed by atoms with Gasteiger partial charge in [-0.15, -0.1) is 0 Å². The first-order chi connectivity index (χ1) is 7.68. The van der Waals surface area contributed by atoms with Crippen LogP contribution in [0.5, 0.6) is 0 Å². The van der Waals surface area contributed by atoms with Crippen LogP contribution in [0.25, 0.3) is 0 Å². The Balaban J connectivity index is 2.21. The average molecular weight is 216 g/mol. The van der Waals surface area contributed by atoms with E-state index in [1.54, 1.807) is 31.4 Å². The Hall–Kier alpha value is -2.30. The number of para-hydroxylation sites is 2. The smallest absolute Gasteiger partial charge is 0.273 e. The minimum absolute atomic E-state index is 0.224. The summed E-state index contributed by atoms with van der Waals surface area (Å²) in [4.78, 5) is 11.8. The quantitative estimate of drug-likeness (QED) is 0.742. The van der Waals surface area contributed by atoms with Gasteiger partial charge in [0.2, 0.25) is 0 Å². The molecule has 0 atom stereocenters. The second-order valence-corrected chi connectivity index (χ2v) is 3.38. The summed E-state index contributed by atoms with van der Waals surface area (Å²) in [5, 5.41) is 6.65. The molecule has 0 aliphatic heterocycles. The zero-order valence-corrected chi connectivity index (χ0v) is 8.84. The van der Waals surface area contributed by atoms with Crippen molar-refractivity contribution < 1.29 is 4.79 Å². The topological polar surface area (TPSA) is 72.9 Å². The van der Waals surface area contributed by atoms with Gasteiger partial charge in [0.1, 0.15) is 5.69 Å². The van der Waals surface area contributed by atoms with E-state index in [9.17, 15) is 4.79 Å². The molecule has 0 aliphatic rings. The van der Waals surface area contributed by atoms with Crippen LogP contribution in [-0.4, -0.2) is 15.7 Å².